The maximum Gasteiger partial charge on any atom is 0.308 e. The molecule has 0 heterocycles. The van der Waals surface area contributed by atoms with Crippen LogP contribution in [0.25, 0.3) is 0 Å². The number of rotatable bonds is 32. The Labute approximate surface area is 420 Å². The van der Waals surface area contributed by atoms with Crippen molar-refractivity contribution in [3.05, 3.63) is 119 Å². The van der Waals surface area contributed by atoms with E-state index in [2.05, 4.69) is 74.5 Å². The molecule has 0 amide bonds. The van der Waals surface area contributed by atoms with Crippen LogP contribution in [0.1, 0.15) is 236 Å². The molecule has 1 aliphatic carbocycles. The minimum atomic E-state index is -0.287. The zero-order valence-corrected chi connectivity index (χ0v) is 44.2. The van der Waals surface area contributed by atoms with Crippen LogP contribution in [0.2, 0.25) is 0 Å². The summed E-state index contributed by atoms with van der Waals surface area (Å²) in [6, 6.07) is 33.7. The highest BCUT2D eigenvalue weighted by Crippen LogP contribution is 2.46. The van der Waals surface area contributed by atoms with Crippen molar-refractivity contribution in [3.8, 4) is 23.0 Å². The zero-order valence-electron chi connectivity index (χ0n) is 44.2. The molecule has 0 radical (unpaired) electrons. The van der Waals surface area contributed by atoms with Crippen molar-refractivity contribution in [2.24, 2.45) is 0 Å². The molecule has 0 aromatic heterocycles. The first kappa shape index (κ1) is 57.0. The molecular weight excluding hydrogens is 853 g/mol. The average molecular weight is 945 g/mol. The number of carbonyl (C=O) groups excluding carboxylic acids is 2. The molecule has 0 saturated heterocycles. The monoisotopic (exact) mass is 945 g/mol. The van der Waals surface area contributed by atoms with Gasteiger partial charge in [-0.05, 0) is 96.5 Å². The van der Waals surface area contributed by atoms with Gasteiger partial charge in [-0.3, -0.25) is 9.59 Å². The van der Waals surface area contributed by atoms with E-state index in [9.17, 15) is 9.59 Å². The maximum absolute atomic E-state index is 11.6. The van der Waals surface area contributed by atoms with Gasteiger partial charge in [0.15, 0.2) is 0 Å². The van der Waals surface area contributed by atoms with Crippen molar-refractivity contribution in [1.82, 2.24) is 0 Å². The summed E-state index contributed by atoms with van der Waals surface area (Å²) in [4.78, 5) is 22.7. The predicted molar refractivity (Wildman–Crippen MR) is 288 cm³/mol. The second kappa shape index (κ2) is 33.1. The fraction of sp³-hybridized carbons (Fsp3) is 0.587. The first-order valence-electron chi connectivity index (χ1n) is 27.6. The highest BCUT2D eigenvalue weighted by Gasteiger charge is 2.36. The number of benzene rings is 4. The van der Waals surface area contributed by atoms with E-state index in [0.717, 1.165) is 37.2 Å². The third kappa shape index (κ3) is 20.0. The minimum absolute atomic E-state index is 0.0409. The number of unbranched alkanes of at least 4 members (excludes halogenated alkanes) is 20. The van der Waals surface area contributed by atoms with Crippen LogP contribution >= 0.6 is 0 Å². The third-order valence-corrected chi connectivity index (χ3v) is 14.7. The van der Waals surface area contributed by atoms with Gasteiger partial charge >= 0.3 is 11.9 Å². The zero-order chi connectivity index (χ0) is 49.4. The smallest absolute Gasteiger partial charge is 0.308 e. The first-order valence-corrected chi connectivity index (χ1v) is 27.6. The molecule has 1 fully saturated rings. The number of ether oxygens (including phenoxy) is 4. The van der Waals surface area contributed by atoms with Crippen LogP contribution in [0.4, 0.5) is 0 Å². The van der Waals surface area contributed by atoms with E-state index in [1.807, 2.05) is 36.4 Å². The summed E-state index contributed by atoms with van der Waals surface area (Å²) >= 11 is 0. The highest BCUT2D eigenvalue weighted by molar-refractivity contribution is 5.69. The average Bonchev–Trinajstić information content (AvgIpc) is 3.37. The van der Waals surface area contributed by atoms with Crippen molar-refractivity contribution in [2.45, 2.75) is 225 Å². The van der Waals surface area contributed by atoms with Crippen molar-refractivity contribution in [3.63, 3.8) is 0 Å². The van der Waals surface area contributed by atoms with Gasteiger partial charge in [-0.2, -0.15) is 0 Å². The molecule has 0 spiro atoms. The van der Waals surface area contributed by atoms with Crippen molar-refractivity contribution >= 4 is 11.9 Å². The van der Waals surface area contributed by atoms with Crippen LogP contribution in [0.3, 0.4) is 0 Å². The summed E-state index contributed by atoms with van der Waals surface area (Å²) in [5, 5.41) is 0. The third-order valence-electron chi connectivity index (χ3n) is 14.7. The largest absolute Gasteiger partial charge is 0.497 e. The second-order valence-corrected chi connectivity index (χ2v) is 20.0. The summed E-state index contributed by atoms with van der Waals surface area (Å²) in [6.07, 6.45) is 38.2. The lowest BCUT2D eigenvalue weighted by molar-refractivity contribution is -0.132. The Hall–Kier alpha value is -4.58. The number of hydrogen-bond donors (Lipinski definition) is 0. The van der Waals surface area contributed by atoms with E-state index < -0.39 is 0 Å². The maximum atomic E-state index is 11.6. The first-order chi connectivity index (χ1) is 33.7. The van der Waals surface area contributed by atoms with Crippen LogP contribution < -0.4 is 18.9 Å². The molecule has 1 aliphatic rings. The molecular formula is C63H92O6. The predicted octanol–water partition coefficient (Wildman–Crippen LogP) is 18.2. The van der Waals surface area contributed by atoms with E-state index in [4.69, 9.17) is 18.9 Å². The van der Waals surface area contributed by atoms with Crippen LogP contribution in [-0.4, -0.2) is 26.2 Å². The van der Waals surface area contributed by atoms with E-state index in [-0.39, 0.29) is 22.8 Å². The summed E-state index contributed by atoms with van der Waals surface area (Å²) in [5.74, 6) is 2.46. The molecule has 4 aromatic rings. The van der Waals surface area contributed by atoms with Gasteiger partial charge in [0.1, 0.15) is 23.0 Å². The molecule has 6 nitrogen and oxygen atoms in total. The number of esters is 2. The van der Waals surface area contributed by atoms with Crippen LogP contribution in [0.15, 0.2) is 97.1 Å². The fourth-order valence-corrected chi connectivity index (χ4v) is 10.8. The van der Waals surface area contributed by atoms with Gasteiger partial charge in [0, 0.05) is 24.7 Å². The van der Waals surface area contributed by atoms with Gasteiger partial charge in [-0.25, -0.2) is 0 Å². The Balaban J connectivity index is 0.000000359. The molecule has 0 N–H and O–H groups in total. The van der Waals surface area contributed by atoms with E-state index in [1.54, 1.807) is 14.2 Å². The van der Waals surface area contributed by atoms with Crippen LogP contribution in [0.5, 0.6) is 23.0 Å². The lowest BCUT2D eigenvalue weighted by Gasteiger charge is -2.38. The molecule has 0 bridgehead atoms. The number of hydrogen-bond acceptors (Lipinski definition) is 6. The molecule has 1 saturated carbocycles. The summed E-state index contributed by atoms with van der Waals surface area (Å²) in [7, 11) is 3.44. The van der Waals surface area contributed by atoms with E-state index in [0.29, 0.717) is 11.5 Å². The molecule has 380 valence electrons. The molecule has 0 unspecified atom stereocenters. The number of methoxy groups -OCH3 is 2. The Morgan fingerprint density at radius 1 is 0.406 bits per heavy atom. The lowest BCUT2D eigenvalue weighted by atomic mass is 9.65. The Morgan fingerprint density at radius 2 is 0.696 bits per heavy atom. The Morgan fingerprint density at radius 3 is 1.01 bits per heavy atom. The van der Waals surface area contributed by atoms with Gasteiger partial charge in [-0.15, -0.1) is 0 Å². The normalized spacial score (nSPS) is 13.2. The van der Waals surface area contributed by atoms with Gasteiger partial charge in [-0.1, -0.05) is 223 Å². The topological polar surface area (TPSA) is 71.1 Å². The molecule has 69 heavy (non-hydrogen) atoms. The van der Waals surface area contributed by atoms with Crippen molar-refractivity contribution in [2.75, 3.05) is 14.2 Å². The van der Waals surface area contributed by atoms with Gasteiger partial charge in [0.2, 0.25) is 0 Å². The summed E-state index contributed by atoms with van der Waals surface area (Å²) in [6.45, 7) is 7.47. The summed E-state index contributed by atoms with van der Waals surface area (Å²) in [5.41, 5.74) is 5.33. The van der Waals surface area contributed by atoms with Gasteiger partial charge < -0.3 is 18.9 Å². The van der Waals surface area contributed by atoms with E-state index >= 15 is 0 Å². The molecule has 0 aliphatic heterocycles. The fourth-order valence-electron chi connectivity index (χ4n) is 10.8. The van der Waals surface area contributed by atoms with Crippen molar-refractivity contribution < 1.29 is 28.5 Å². The standard InChI is InChI=1S/C42H68O3.C21H24O3/c1-5-7-9-11-13-15-17-19-21-23-25-35-42(38-27-31-40(44-4)32-28-38,39-29-33-41(34-30-39)45-37(3)43)36-26-24-22-20-18-16-14-12-10-8-6-2;1-16(22)24-20-12-8-18(9-13-20)21(14-4-3-5-15-21)17-6-10-19(23-2)11-7-17/h27-34H,5-26,35-36H2,1-4H3;6-13H,3-5,14-15H2,1-2H3. The Kier molecular flexibility index (Phi) is 27.3. The summed E-state index contributed by atoms with van der Waals surface area (Å²) < 4.78 is 21.4. The van der Waals surface area contributed by atoms with Crippen LogP contribution in [0, 0.1) is 0 Å². The second-order valence-electron chi connectivity index (χ2n) is 20.0. The highest BCUT2D eigenvalue weighted by atomic mass is 16.5. The van der Waals surface area contributed by atoms with Gasteiger partial charge in [0.05, 0.1) is 14.2 Å². The Bertz CT molecular complexity index is 1920. The van der Waals surface area contributed by atoms with E-state index in [1.165, 1.54) is 197 Å². The molecule has 6 heteroatoms. The molecule has 5 rings (SSSR count). The quantitative estimate of drug-likeness (QED) is 0.0276. The molecule has 4 aromatic carbocycles. The minimum Gasteiger partial charge on any atom is -0.497 e. The van der Waals surface area contributed by atoms with Crippen molar-refractivity contribution in [1.29, 1.82) is 0 Å². The molecule has 0 atom stereocenters. The van der Waals surface area contributed by atoms with Gasteiger partial charge in [0.25, 0.3) is 0 Å². The lowest BCUT2D eigenvalue weighted by Crippen LogP contribution is -2.30. The SMILES string of the molecule is CCCCCCCCCCCCCC(CCCCCCCCCCCCC)(c1ccc(OC)cc1)c1ccc(OC(C)=O)cc1.COc1ccc(C2(c3ccc(OC(C)=O)cc3)CCCCC2)cc1. The van der Waals surface area contributed by atoms with Crippen LogP contribution in [-0.2, 0) is 20.4 Å². The number of carbonyl (C=O) groups is 2.